The summed E-state index contributed by atoms with van der Waals surface area (Å²) in [6.45, 7) is 8.31. The number of piperidine rings is 1. The molecule has 136 valence electrons. The van der Waals surface area contributed by atoms with Gasteiger partial charge in [-0.1, -0.05) is 6.08 Å². The van der Waals surface area contributed by atoms with Gasteiger partial charge in [0.05, 0.1) is 12.6 Å². The van der Waals surface area contributed by atoms with Crippen molar-refractivity contribution in [3.63, 3.8) is 0 Å². The number of pyridine rings is 1. The Kier molecular flexibility index (Phi) is 5.02. The van der Waals surface area contributed by atoms with Crippen molar-refractivity contribution in [2.45, 2.75) is 71.1 Å². The Morgan fingerprint density at radius 3 is 2.72 bits per heavy atom. The van der Waals surface area contributed by atoms with Crippen LogP contribution in [-0.2, 0) is 4.74 Å². The van der Waals surface area contributed by atoms with Crippen molar-refractivity contribution in [2.75, 3.05) is 6.61 Å². The van der Waals surface area contributed by atoms with Crippen molar-refractivity contribution in [2.24, 2.45) is 0 Å². The molecule has 0 spiro atoms. The molecule has 0 saturated carbocycles. The maximum Gasteiger partial charge on any atom is 0.411 e. The van der Waals surface area contributed by atoms with Gasteiger partial charge in [-0.3, -0.25) is 4.90 Å². The number of rotatable bonds is 3. The largest absolute Gasteiger partial charge is 0.478 e. The fourth-order valence-electron chi connectivity index (χ4n) is 3.65. The van der Waals surface area contributed by atoms with E-state index in [-0.39, 0.29) is 18.2 Å². The molecule has 2 aliphatic heterocycles. The zero-order chi connectivity index (χ0) is 18.0. The molecule has 2 aliphatic rings. The van der Waals surface area contributed by atoms with Crippen LogP contribution in [-0.4, -0.2) is 40.3 Å². The van der Waals surface area contributed by atoms with E-state index in [1.807, 2.05) is 44.9 Å². The van der Waals surface area contributed by atoms with Crippen LogP contribution in [0.25, 0.3) is 5.57 Å². The Morgan fingerprint density at radius 1 is 1.32 bits per heavy atom. The zero-order valence-electron chi connectivity index (χ0n) is 15.6. The SMILES string of the molecule is CCOc1ccc(C2=CC3CCCC(C2)N3C(=O)OC(C)(C)C)cn1. The molecule has 1 amide bonds. The molecule has 0 radical (unpaired) electrons. The van der Waals surface area contributed by atoms with Gasteiger partial charge in [-0.15, -0.1) is 0 Å². The molecule has 0 aromatic carbocycles. The Balaban J connectivity index is 1.80. The minimum Gasteiger partial charge on any atom is -0.478 e. The number of nitrogens with zero attached hydrogens (tertiary/aromatic N) is 2. The predicted octanol–water partition coefficient (Wildman–Crippen LogP) is 4.43. The topological polar surface area (TPSA) is 51.7 Å². The van der Waals surface area contributed by atoms with Gasteiger partial charge in [0.25, 0.3) is 0 Å². The molecule has 3 rings (SSSR count). The number of hydrogen-bond donors (Lipinski definition) is 0. The minimum absolute atomic E-state index is 0.115. The van der Waals surface area contributed by atoms with E-state index in [0.717, 1.165) is 31.2 Å². The minimum atomic E-state index is -0.464. The van der Waals surface area contributed by atoms with Gasteiger partial charge in [-0.2, -0.15) is 0 Å². The molecular weight excluding hydrogens is 316 g/mol. The van der Waals surface area contributed by atoms with Crippen LogP contribution in [0.15, 0.2) is 24.4 Å². The molecule has 1 fully saturated rings. The lowest BCUT2D eigenvalue weighted by atomic mass is 9.83. The first kappa shape index (κ1) is 17.8. The van der Waals surface area contributed by atoms with Crippen molar-refractivity contribution < 1.29 is 14.3 Å². The fourth-order valence-corrected chi connectivity index (χ4v) is 3.65. The molecule has 1 aromatic rings. The molecule has 5 heteroatoms. The quantitative estimate of drug-likeness (QED) is 0.814. The summed E-state index contributed by atoms with van der Waals surface area (Å²) in [5.74, 6) is 0.651. The maximum absolute atomic E-state index is 12.6. The Bertz CT molecular complexity index is 646. The molecule has 0 N–H and O–H groups in total. The highest BCUT2D eigenvalue weighted by Gasteiger charge is 2.39. The van der Waals surface area contributed by atoms with Crippen molar-refractivity contribution in [1.82, 2.24) is 9.88 Å². The lowest BCUT2D eigenvalue weighted by Gasteiger charge is -2.45. The number of carbonyl (C=O) groups is 1. The molecule has 3 heterocycles. The van der Waals surface area contributed by atoms with E-state index in [0.29, 0.717) is 12.5 Å². The van der Waals surface area contributed by atoms with Crippen LogP contribution in [0.4, 0.5) is 4.79 Å². The van der Waals surface area contributed by atoms with E-state index >= 15 is 0 Å². The van der Waals surface area contributed by atoms with Crippen LogP contribution in [0.5, 0.6) is 5.88 Å². The number of aromatic nitrogens is 1. The summed E-state index contributed by atoms with van der Waals surface area (Å²) in [5, 5.41) is 0. The van der Waals surface area contributed by atoms with Crippen molar-refractivity contribution >= 4 is 11.7 Å². The van der Waals surface area contributed by atoms with E-state index in [2.05, 4.69) is 17.1 Å². The number of hydrogen-bond acceptors (Lipinski definition) is 4. The first-order valence-electron chi connectivity index (χ1n) is 9.18. The molecule has 2 bridgehead atoms. The third-order valence-corrected chi connectivity index (χ3v) is 4.64. The Labute approximate surface area is 150 Å². The first-order valence-corrected chi connectivity index (χ1v) is 9.18. The lowest BCUT2D eigenvalue weighted by Crippen LogP contribution is -2.53. The highest BCUT2D eigenvalue weighted by atomic mass is 16.6. The van der Waals surface area contributed by atoms with Crippen LogP contribution >= 0.6 is 0 Å². The smallest absolute Gasteiger partial charge is 0.411 e. The van der Waals surface area contributed by atoms with E-state index in [1.54, 1.807) is 0 Å². The third kappa shape index (κ3) is 4.14. The van der Waals surface area contributed by atoms with Gasteiger partial charge in [0.1, 0.15) is 5.60 Å². The van der Waals surface area contributed by atoms with Crippen molar-refractivity contribution in [3.05, 3.63) is 30.0 Å². The second-order valence-corrected chi connectivity index (χ2v) is 7.75. The van der Waals surface area contributed by atoms with Gasteiger partial charge in [0.15, 0.2) is 0 Å². The maximum atomic E-state index is 12.6. The van der Waals surface area contributed by atoms with Gasteiger partial charge < -0.3 is 9.47 Å². The van der Waals surface area contributed by atoms with E-state index in [9.17, 15) is 4.79 Å². The normalized spacial score (nSPS) is 23.0. The second-order valence-electron chi connectivity index (χ2n) is 7.75. The summed E-state index contributed by atoms with van der Waals surface area (Å²) in [6, 6.07) is 4.29. The first-order chi connectivity index (χ1) is 11.9. The molecule has 25 heavy (non-hydrogen) atoms. The summed E-state index contributed by atoms with van der Waals surface area (Å²) in [7, 11) is 0. The van der Waals surface area contributed by atoms with Crippen LogP contribution in [0.3, 0.4) is 0 Å². The molecule has 5 nitrogen and oxygen atoms in total. The highest BCUT2D eigenvalue weighted by molar-refractivity contribution is 5.74. The monoisotopic (exact) mass is 344 g/mol. The van der Waals surface area contributed by atoms with E-state index < -0.39 is 5.60 Å². The second kappa shape index (κ2) is 7.06. The average molecular weight is 344 g/mol. The molecule has 2 unspecified atom stereocenters. The third-order valence-electron chi connectivity index (χ3n) is 4.64. The number of ether oxygens (including phenoxy) is 2. The van der Waals surface area contributed by atoms with Crippen LogP contribution in [0, 0.1) is 0 Å². The molecule has 1 aromatic heterocycles. The molecule has 1 saturated heterocycles. The molecule has 2 atom stereocenters. The lowest BCUT2D eigenvalue weighted by molar-refractivity contribution is 0.0000854. The van der Waals surface area contributed by atoms with Gasteiger partial charge in [0.2, 0.25) is 5.88 Å². The van der Waals surface area contributed by atoms with Crippen LogP contribution < -0.4 is 4.74 Å². The van der Waals surface area contributed by atoms with Crippen LogP contribution in [0.2, 0.25) is 0 Å². The summed E-state index contributed by atoms with van der Waals surface area (Å²) < 4.78 is 11.0. The summed E-state index contributed by atoms with van der Waals surface area (Å²) in [5.41, 5.74) is 1.92. The number of amides is 1. The van der Waals surface area contributed by atoms with Crippen molar-refractivity contribution in [1.29, 1.82) is 0 Å². The number of fused-ring (bicyclic) bond motifs is 2. The summed E-state index contributed by atoms with van der Waals surface area (Å²) in [4.78, 5) is 18.9. The van der Waals surface area contributed by atoms with Gasteiger partial charge in [-0.05, 0) is 70.6 Å². The van der Waals surface area contributed by atoms with E-state index in [1.165, 1.54) is 5.57 Å². The van der Waals surface area contributed by atoms with Crippen molar-refractivity contribution in [3.8, 4) is 5.88 Å². The van der Waals surface area contributed by atoms with E-state index in [4.69, 9.17) is 9.47 Å². The zero-order valence-corrected chi connectivity index (χ0v) is 15.6. The summed E-state index contributed by atoms with van der Waals surface area (Å²) in [6.07, 6.45) is 7.92. The Hall–Kier alpha value is -2.04. The predicted molar refractivity (Wildman–Crippen MR) is 97.5 cm³/mol. The van der Waals surface area contributed by atoms with Gasteiger partial charge >= 0.3 is 6.09 Å². The average Bonchev–Trinajstić information content (AvgIpc) is 2.53. The van der Waals surface area contributed by atoms with Gasteiger partial charge in [0, 0.05) is 18.3 Å². The number of carbonyl (C=O) groups excluding carboxylic acids is 1. The standard InChI is InChI=1S/C20H28N2O3/c1-5-24-18-10-9-14(13-21-18)15-11-16-7-6-8-17(12-15)22(16)19(23)25-20(2,3)4/h9-11,13,16-17H,5-8,12H2,1-4H3. The van der Waals surface area contributed by atoms with Gasteiger partial charge in [-0.25, -0.2) is 9.78 Å². The van der Waals surface area contributed by atoms with Crippen LogP contribution in [0.1, 0.15) is 58.9 Å². The Morgan fingerprint density at radius 2 is 2.12 bits per heavy atom. The highest BCUT2D eigenvalue weighted by Crippen LogP contribution is 2.37. The molecular formula is C20H28N2O3. The summed E-state index contributed by atoms with van der Waals surface area (Å²) >= 11 is 0. The fraction of sp³-hybridized carbons (Fsp3) is 0.600. The molecule has 0 aliphatic carbocycles.